The third-order valence-corrected chi connectivity index (χ3v) is 2.10. The third-order valence-electron chi connectivity index (χ3n) is 1.46. The van der Waals surface area contributed by atoms with Gasteiger partial charge in [-0.1, -0.05) is 12.8 Å². The highest BCUT2D eigenvalue weighted by molar-refractivity contribution is 7.79. The van der Waals surface area contributed by atoms with E-state index in [0.29, 0.717) is 18.6 Å². The van der Waals surface area contributed by atoms with E-state index in [-0.39, 0.29) is 6.42 Å². The highest BCUT2D eigenvalue weighted by Crippen LogP contribution is 2.03. The van der Waals surface area contributed by atoms with E-state index in [0.717, 1.165) is 12.8 Å². The molecule has 0 radical (unpaired) electrons. The number of carboxylic acid groups (broad SMARTS) is 1. The molecule has 2 N–H and O–H groups in total. The second kappa shape index (κ2) is 7.24. The summed E-state index contributed by atoms with van der Waals surface area (Å²) in [5.41, 5.74) is 0. The largest absolute Gasteiger partial charge is 0.481 e. The van der Waals surface area contributed by atoms with E-state index in [4.69, 9.17) is 9.66 Å². The van der Waals surface area contributed by atoms with Crippen LogP contribution in [0.25, 0.3) is 0 Å². The van der Waals surface area contributed by atoms with Crippen molar-refractivity contribution >= 4 is 17.0 Å². The molecule has 5 heteroatoms. The maximum Gasteiger partial charge on any atom is 0.303 e. The first-order chi connectivity index (χ1) is 5.63. The molecule has 0 heterocycles. The van der Waals surface area contributed by atoms with Crippen LogP contribution in [0.1, 0.15) is 32.1 Å². The maximum atomic E-state index is 10.2. The van der Waals surface area contributed by atoms with Crippen LogP contribution >= 0.6 is 0 Å². The second-order valence-corrected chi connectivity index (χ2v) is 3.63. The highest BCUT2D eigenvalue weighted by atomic mass is 32.2. The predicted octanol–water partition coefficient (Wildman–Crippen LogP) is 1.24. The summed E-state index contributed by atoms with van der Waals surface area (Å²) >= 11 is -1.70. The van der Waals surface area contributed by atoms with Gasteiger partial charge in [-0.05, 0) is 12.8 Å². The zero-order valence-corrected chi connectivity index (χ0v) is 7.68. The molecular formula is C7H14O4S. The quantitative estimate of drug-likeness (QED) is 0.472. The average Bonchev–Trinajstić information content (AvgIpc) is 1.95. The lowest BCUT2D eigenvalue weighted by atomic mass is 10.2. The Bertz CT molecular complexity index is 139. The minimum absolute atomic E-state index is 0.197. The molecule has 0 aliphatic heterocycles. The summed E-state index contributed by atoms with van der Waals surface area (Å²) in [5, 5.41) is 8.27. The molecule has 0 aromatic rings. The van der Waals surface area contributed by atoms with Crippen molar-refractivity contribution in [1.82, 2.24) is 0 Å². The molecule has 1 atom stereocenters. The molecule has 0 aliphatic carbocycles. The van der Waals surface area contributed by atoms with Crippen LogP contribution in [-0.4, -0.2) is 25.6 Å². The normalized spacial score (nSPS) is 12.8. The number of hydrogen-bond acceptors (Lipinski definition) is 2. The van der Waals surface area contributed by atoms with Gasteiger partial charge in [0.2, 0.25) is 0 Å². The van der Waals surface area contributed by atoms with Gasteiger partial charge in [0.1, 0.15) is 0 Å². The summed E-state index contributed by atoms with van der Waals surface area (Å²) < 4.78 is 18.5. The standard InChI is InChI=1S/C7H14O4S/c8-7(9)5-3-1-2-4-6-12(10)11/h1-6H2,(H,8,9)(H,10,11). The summed E-state index contributed by atoms with van der Waals surface area (Å²) in [7, 11) is 0. The monoisotopic (exact) mass is 194 g/mol. The Morgan fingerprint density at radius 2 is 1.75 bits per heavy atom. The minimum atomic E-state index is -1.70. The average molecular weight is 194 g/mol. The summed E-state index contributed by atoms with van der Waals surface area (Å²) in [6.45, 7) is 0. The van der Waals surface area contributed by atoms with Gasteiger partial charge in [-0.25, -0.2) is 4.21 Å². The lowest BCUT2D eigenvalue weighted by molar-refractivity contribution is -0.137. The van der Waals surface area contributed by atoms with Gasteiger partial charge in [-0.3, -0.25) is 4.79 Å². The molecule has 0 aliphatic rings. The number of carboxylic acids is 1. The number of carbonyl (C=O) groups is 1. The van der Waals surface area contributed by atoms with Gasteiger partial charge in [0.15, 0.2) is 11.1 Å². The molecule has 0 fully saturated rings. The van der Waals surface area contributed by atoms with Crippen LogP contribution in [0.15, 0.2) is 0 Å². The topological polar surface area (TPSA) is 74.6 Å². The van der Waals surface area contributed by atoms with Gasteiger partial charge in [0, 0.05) is 12.2 Å². The Kier molecular flexibility index (Phi) is 6.99. The molecule has 0 saturated carbocycles. The van der Waals surface area contributed by atoms with Crippen LogP contribution < -0.4 is 0 Å². The molecule has 4 nitrogen and oxygen atoms in total. The Hall–Kier alpha value is -0.420. The second-order valence-electron chi connectivity index (χ2n) is 2.58. The molecule has 72 valence electrons. The van der Waals surface area contributed by atoms with E-state index in [1.807, 2.05) is 0 Å². The van der Waals surface area contributed by atoms with E-state index >= 15 is 0 Å². The third kappa shape index (κ3) is 9.58. The van der Waals surface area contributed by atoms with Crippen molar-refractivity contribution in [1.29, 1.82) is 0 Å². The molecular weight excluding hydrogens is 180 g/mol. The summed E-state index contributed by atoms with van der Waals surface area (Å²) in [6.07, 6.45) is 3.21. The number of hydrogen-bond donors (Lipinski definition) is 2. The lowest BCUT2D eigenvalue weighted by Gasteiger charge is -1.96. The van der Waals surface area contributed by atoms with Crippen molar-refractivity contribution in [2.45, 2.75) is 32.1 Å². The summed E-state index contributed by atoms with van der Waals surface area (Å²) in [6, 6.07) is 0. The smallest absolute Gasteiger partial charge is 0.303 e. The van der Waals surface area contributed by atoms with E-state index in [9.17, 15) is 9.00 Å². The van der Waals surface area contributed by atoms with E-state index in [1.54, 1.807) is 0 Å². The van der Waals surface area contributed by atoms with Gasteiger partial charge in [-0.2, -0.15) is 0 Å². The fraction of sp³-hybridized carbons (Fsp3) is 0.857. The van der Waals surface area contributed by atoms with Gasteiger partial charge in [0.25, 0.3) is 0 Å². The molecule has 12 heavy (non-hydrogen) atoms. The fourth-order valence-corrected chi connectivity index (χ4v) is 1.31. The first-order valence-electron chi connectivity index (χ1n) is 3.92. The van der Waals surface area contributed by atoms with Crippen LogP contribution in [0, 0.1) is 0 Å². The van der Waals surface area contributed by atoms with Crippen LogP contribution in [0.3, 0.4) is 0 Å². The lowest BCUT2D eigenvalue weighted by Crippen LogP contribution is -1.96. The van der Waals surface area contributed by atoms with Crippen molar-refractivity contribution < 1.29 is 18.7 Å². The molecule has 1 unspecified atom stereocenters. The van der Waals surface area contributed by atoms with Crippen molar-refractivity contribution in [2.24, 2.45) is 0 Å². The first kappa shape index (κ1) is 11.6. The molecule has 0 saturated heterocycles. The first-order valence-corrected chi connectivity index (χ1v) is 5.20. The number of aliphatic carboxylic acids is 1. The van der Waals surface area contributed by atoms with Crippen LogP contribution in [0.2, 0.25) is 0 Å². The van der Waals surface area contributed by atoms with Crippen LogP contribution in [0.4, 0.5) is 0 Å². The maximum absolute atomic E-state index is 10.2. The molecule has 0 aromatic heterocycles. The summed E-state index contributed by atoms with van der Waals surface area (Å²) in [5.74, 6) is -0.478. The molecule has 0 rings (SSSR count). The van der Waals surface area contributed by atoms with Crippen LogP contribution in [-0.2, 0) is 15.9 Å². The Labute approximate surface area is 74.3 Å². The van der Waals surface area contributed by atoms with Gasteiger partial charge >= 0.3 is 5.97 Å². The van der Waals surface area contributed by atoms with E-state index < -0.39 is 17.0 Å². The Morgan fingerprint density at radius 3 is 2.25 bits per heavy atom. The Balaban J connectivity index is 3.01. The zero-order chi connectivity index (χ0) is 9.40. The van der Waals surface area contributed by atoms with Gasteiger partial charge in [-0.15, -0.1) is 0 Å². The van der Waals surface area contributed by atoms with Crippen molar-refractivity contribution in [3.05, 3.63) is 0 Å². The van der Waals surface area contributed by atoms with Crippen molar-refractivity contribution in [3.8, 4) is 0 Å². The number of unbranched alkanes of at least 4 members (excludes halogenated alkanes) is 3. The SMILES string of the molecule is O=C(O)CCCCCCS(=O)O. The Morgan fingerprint density at radius 1 is 1.17 bits per heavy atom. The molecule has 0 aromatic carbocycles. The molecule has 0 amide bonds. The predicted molar refractivity (Wildman–Crippen MR) is 46.4 cm³/mol. The van der Waals surface area contributed by atoms with Gasteiger partial charge in [0.05, 0.1) is 0 Å². The highest BCUT2D eigenvalue weighted by Gasteiger charge is 1.97. The van der Waals surface area contributed by atoms with E-state index in [2.05, 4.69) is 0 Å². The summed E-state index contributed by atoms with van der Waals surface area (Å²) in [4.78, 5) is 10.1. The van der Waals surface area contributed by atoms with Crippen molar-refractivity contribution in [2.75, 3.05) is 5.75 Å². The van der Waals surface area contributed by atoms with E-state index in [1.165, 1.54) is 0 Å². The minimum Gasteiger partial charge on any atom is -0.481 e. The van der Waals surface area contributed by atoms with Crippen molar-refractivity contribution in [3.63, 3.8) is 0 Å². The molecule has 0 spiro atoms. The number of rotatable bonds is 7. The zero-order valence-electron chi connectivity index (χ0n) is 6.86. The fourth-order valence-electron chi connectivity index (χ4n) is 0.855. The molecule has 0 bridgehead atoms. The van der Waals surface area contributed by atoms with Crippen LogP contribution in [0.5, 0.6) is 0 Å². The van der Waals surface area contributed by atoms with Gasteiger partial charge < -0.3 is 9.66 Å².